The minimum Gasteiger partial charge on any atom is -0.360 e. The first kappa shape index (κ1) is 22.3. The second-order valence-corrected chi connectivity index (χ2v) is 8.62. The van der Waals surface area contributed by atoms with Crippen molar-refractivity contribution >= 4 is 27.8 Å². The van der Waals surface area contributed by atoms with Crippen LogP contribution in [0.15, 0.2) is 102 Å². The fourth-order valence-corrected chi connectivity index (χ4v) is 4.46. The van der Waals surface area contributed by atoms with E-state index < -0.39 is 0 Å². The van der Waals surface area contributed by atoms with Crippen molar-refractivity contribution in [2.75, 3.05) is 5.32 Å². The minimum absolute atomic E-state index is 0.125. The van der Waals surface area contributed by atoms with Crippen LogP contribution >= 0.6 is 0 Å². The topological polar surface area (TPSA) is 88.5 Å². The van der Waals surface area contributed by atoms with Gasteiger partial charge in [-0.25, -0.2) is 15.0 Å². The molecule has 37 heavy (non-hydrogen) atoms. The molecule has 0 fully saturated rings. The van der Waals surface area contributed by atoms with E-state index in [4.69, 9.17) is 0 Å². The number of aromatic nitrogens is 5. The highest BCUT2D eigenvalue weighted by Gasteiger charge is 2.19. The molecule has 1 unspecified atom stereocenters. The van der Waals surface area contributed by atoms with Crippen LogP contribution in [0.1, 0.15) is 29.8 Å². The van der Waals surface area contributed by atoms with Gasteiger partial charge in [-0.15, -0.1) is 0 Å². The van der Waals surface area contributed by atoms with Crippen molar-refractivity contribution in [3.8, 4) is 17.5 Å². The molecular weight excluding hydrogens is 460 g/mol. The van der Waals surface area contributed by atoms with Crippen molar-refractivity contribution in [1.29, 1.82) is 0 Å². The van der Waals surface area contributed by atoms with E-state index in [0.29, 0.717) is 27.9 Å². The molecule has 6 aromatic rings. The third kappa shape index (κ3) is 4.21. The van der Waals surface area contributed by atoms with E-state index in [1.54, 1.807) is 10.9 Å². The summed E-state index contributed by atoms with van der Waals surface area (Å²) >= 11 is 0. The van der Waals surface area contributed by atoms with Gasteiger partial charge >= 0.3 is 0 Å². The van der Waals surface area contributed by atoms with Crippen molar-refractivity contribution in [3.05, 3.63) is 125 Å². The normalized spacial score (nSPS) is 11.7. The summed E-state index contributed by atoms with van der Waals surface area (Å²) in [4.78, 5) is 30.0. The Morgan fingerprint density at radius 3 is 2.49 bits per heavy atom. The highest BCUT2D eigenvalue weighted by Crippen LogP contribution is 2.26. The average molecular weight is 483 g/mol. The lowest BCUT2D eigenvalue weighted by atomic mass is 10.0. The van der Waals surface area contributed by atoms with Crippen LogP contribution in [0, 0.1) is 11.8 Å². The molecule has 7 nitrogen and oxygen atoms in total. The van der Waals surface area contributed by atoms with Crippen molar-refractivity contribution in [1.82, 2.24) is 24.5 Å². The average Bonchev–Trinajstić information content (AvgIpc) is 3.43. The number of imidazole rings is 1. The Kier molecular flexibility index (Phi) is 5.68. The number of benzene rings is 3. The molecule has 178 valence electrons. The molecule has 3 aromatic carbocycles. The molecule has 0 saturated carbocycles. The number of hydrogen-bond donors (Lipinski definition) is 2. The van der Waals surface area contributed by atoms with E-state index in [1.807, 2.05) is 91.9 Å². The number of anilines is 1. The third-order valence-corrected chi connectivity index (χ3v) is 6.22. The van der Waals surface area contributed by atoms with Crippen LogP contribution in [0.2, 0.25) is 0 Å². The molecule has 0 aliphatic carbocycles. The van der Waals surface area contributed by atoms with Gasteiger partial charge < -0.3 is 10.3 Å². The fraction of sp³-hybridized carbons (Fsp3) is 0.0667. The van der Waals surface area contributed by atoms with Gasteiger partial charge in [-0.3, -0.25) is 9.36 Å². The summed E-state index contributed by atoms with van der Waals surface area (Å²) in [6.45, 7) is 2.00. The van der Waals surface area contributed by atoms with E-state index in [2.05, 4.69) is 37.1 Å². The zero-order valence-electron chi connectivity index (χ0n) is 20.0. The monoisotopic (exact) mass is 482 g/mol. The van der Waals surface area contributed by atoms with Crippen molar-refractivity contribution < 1.29 is 0 Å². The van der Waals surface area contributed by atoms with Gasteiger partial charge in [-0.2, -0.15) is 0 Å². The number of pyridine rings is 1. The van der Waals surface area contributed by atoms with Crippen LogP contribution in [0.4, 0.5) is 5.82 Å². The molecule has 0 spiro atoms. The Morgan fingerprint density at radius 2 is 1.68 bits per heavy atom. The van der Waals surface area contributed by atoms with Gasteiger partial charge in [-0.05, 0) is 48.7 Å². The minimum atomic E-state index is -0.266. The number of rotatable bonds is 4. The highest BCUT2D eigenvalue weighted by atomic mass is 16.1. The largest absolute Gasteiger partial charge is 0.360 e. The quantitative estimate of drug-likeness (QED) is 0.336. The summed E-state index contributed by atoms with van der Waals surface area (Å²) in [6.07, 6.45) is 3.06. The lowest BCUT2D eigenvalue weighted by Crippen LogP contribution is -2.26. The lowest BCUT2D eigenvalue weighted by molar-refractivity contribution is 0.774. The number of hydrogen-bond acceptors (Lipinski definition) is 5. The van der Waals surface area contributed by atoms with Crippen molar-refractivity contribution in [2.45, 2.75) is 13.0 Å². The Hall–Kier alpha value is -5.22. The van der Waals surface area contributed by atoms with Gasteiger partial charge in [0.05, 0.1) is 17.8 Å². The molecule has 0 amide bonds. The maximum absolute atomic E-state index is 14.1. The fourth-order valence-electron chi connectivity index (χ4n) is 4.46. The second-order valence-electron chi connectivity index (χ2n) is 8.62. The van der Waals surface area contributed by atoms with Gasteiger partial charge in [0.15, 0.2) is 11.5 Å². The standard InChI is InChI=1S/C30H22N6O/c1-20(35-29-27-28(32-18-31-27)33-19-34-29)25-17-23-12-8-11-22(16-15-21-9-4-2-5-10-21)26(23)30(37)36(25)24-13-6-3-7-14-24/h2-14,17-20H,1H3,(H2,31,32,33,34,35). The molecule has 3 aromatic heterocycles. The summed E-state index contributed by atoms with van der Waals surface area (Å²) in [5.41, 5.74) is 4.32. The first-order valence-electron chi connectivity index (χ1n) is 11.9. The summed E-state index contributed by atoms with van der Waals surface area (Å²) in [7, 11) is 0. The number of aromatic amines is 1. The van der Waals surface area contributed by atoms with Crippen LogP contribution in [-0.4, -0.2) is 24.5 Å². The summed E-state index contributed by atoms with van der Waals surface area (Å²) < 4.78 is 1.75. The van der Waals surface area contributed by atoms with E-state index in [-0.39, 0.29) is 11.6 Å². The Bertz CT molecular complexity index is 1850. The highest BCUT2D eigenvalue weighted by molar-refractivity contribution is 5.88. The van der Waals surface area contributed by atoms with E-state index in [9.17, 15) is 4.79 Å². The maximum Gasteiger partial charge on any atom is 0.264 e. The molecule has 2 N–H and O–H groups in total. The van der Waals surface area contributed by atoms with E-state index >= 15 is 0 Å². The molecule has 0 radical (unpaired) electrons. The Balaban J connectivity index is 1.53. The first-order chi connectivity index (χ1) is 18.2. The van der Waals surface area contributed by atoms with E-state index in [0.717, 1.165) is 22.3 Å². The van der Waals surface area contributed by atoms with E-state index in [1.165, 1.54) is 6.33 Å². The zero-order chi connectivity index (χ0) is 25.2. The molecule has 0 saturated heterocycles. The number of fused-ring (bicyclic) bond motifs is 2. The number of para-hydroxylation sites is 1. The molecule has 6 rings (SSSR count). The summed E-state index contributed by atoms with van der Waals surface area (Å²) in [5.74, 6) is 7.03. The predicted molar refractivity (Wildman–Crippen MR) is 146 cm³/mol. The molecule has 0 aliphatic rings. The third-order valence-electron chi connectivity index (χ3n) is 6.22. The van der Waals surface area contributed by atoms with Gasteiger partial charge in [0.25, 0.3) is 5.56 Å². The van der Waals surface area contributed by atoms with Crippen molar-refractivity contribution in [2.24, 2.45) is 0 Å². The second kappa shape index (κ2) is 9.44. The molecular formula is C30H22N6O. The first-order valence-corrected chi connectivity index (χ1v) is 11.9. The van der Waals surface area contributed by atoms with Crippen LogP contribution < -0.4 is 10.9 Å². The van der Waals surface area contributed by atoms with Crippen LogP contribution in [0.3, 0.4) is 0 Å². The van der Waals surface area contributed by atoms with Gasteiger partial charge in [-0.1, -0.05) is 60.4 Å². The molecule has 7 heteroatoms. The van der Waals surface area contributed by atoms with Crippen LogP contribution in [0.25, 0.3) is 27.6 Å². The van der Waals surface area contributed by atoms with Gasteiger partial charge in [0.2, 0.25) is 0 Å². The number of nitrogens with one attached hydrogen (secondary N) is 2. The van der Waals surface area contributed by atoms with Gasteiger partial charge in [0, 0.05) is 22.5 Å². The van der Waals surface area contributed by atoms with Crippen molar-refractivity contribution in [3.63, 3.8) is 0 Å². The number of nitrogens with zero attached hydrogens (tertiary/aromatic N) is 4. The maximum atomic E-state index is 14.1. The lowest BCUT2D eigenvalue weighted by Gasteiger charge is -2.21. The molecule has 0 bridgehead atoms. The SMILES string of the molecule is CC(Nc1ncnc2nc[nH]c12)c1cc2cccc(C#Cc3ccccc3)c2c(=O)n1-c1ccccc1. The molecule has 1 atom stereocenters. The smallest absolute Gasteiger partial charge is 0.264 e. The Labute approximate surface area is 212 Å². The summed E-state index contributed by atoms with van der Waals surface area (Å²) in [5, 5.41) is 4.86. The number of H-pyrrole nitrogens is 1. The Morgan fingerprint density at radius 1 is 0.892 bits per heavy atom. The molecule has 3 heterocycles. The molecule has 0 aliphatic heterocycles. The zero-order valence-corrected chi connectivity index (χ0v) is 20.0. The van der Waals surface area contributed by atoms with Gasteiger partial charge in [0.1, 0.15) is 11.8 Å². The van der Waals surface area contributed by atoms with Crippen LogP contribution in [0.5, 0.6) is 0 Å². The predicted octanol–water partition coefficient (Wildman–Crippen LogP) is 5.23. The van der Waals surface area contributed by atoms with Crippen LogP contribution in [-0.2, 0) is 0 Å². The summed E-state index contributed by atoms with van der Waals surface area (Å²) in [6, 6.07) is 27.0.